The van der Waals surface area contributed by atoms with Gasteiger partial charge in [-0.25, -0.2) is 4.39 Å². The highest BCUT2D eigenvalue weighted by Gasteiger charge is 2.12. The molecule has 1 N–H and O–H groups in total. The van der Waals surface area contributed by atoms with Crippen molar-refractivity contribution in [2.24, 2.45) is 0 Å². The molecule has 2 aromatic carbocycles. The number of hydrogen-bond acceptors (Lipinski definition) is 4. The van der Waals surface area contributed by atoms with Crippen LogP contribution in [0, 0.1) is 5.82 Å². The summed E-state index contributed by atoms with van der Waals surface area (Å²) in [5.41, 5.74) is 2.01. The molecule has 0 spiro atoms. The number of rotatable bonds is 7. The molecule has 1 saturated heterocycles. The molecule has 0 bridgehead atoms. The van der Waals surface area contributed by atoms with Crippen LogP contribution >= 0.6 is 0 Å². The number of ether oxygens (including phenoxy) is 1. The van der Waals surface area contributed by atoms with Crippen LogP contribution in [0.4, 0.5) is 4.39 Å². The summed E-state index contributed by atoms with van der Waals surface area (Å²) >= 11 is 0. The standard InChI is InChI=1S/C20H23FN2O2/c21-19-5-3-17(4-6-19)18(14-24)15-25-20-7-1-16(2-8-20)13-23-11-9-22-10-12-23/h1-8,14,18,22H,9-13,15H2. The van der Waals surface area contributed by atoms with Crippen molar-refractivity contribution in [1.82, 2.24) is 10.2 Å². The van der Waals surface area contributed by atoms with Crippen LogP contribution in [0.3, 0.4) is 0 Å². The van der Waals surface area contributed by atoms with Gasteiger partial charge in [0, 0.05) is 32.7 Å². The first-order valence-electron chi connectivity index (χ1n) is 8.60. The Labute approximate surface area is 147 Å². The maximum absolute atomic E-state index is 13.0. The monoisotopic (exact) mass is 342 g/mol. The molecule has 0 aromatic heterocycles. The lowest BCUT2D eigenvalue weighted by atomic mass is 10.0. The zero-order valence-electron chi connectivity index (χ0n) is 14.2. The van der Waals surface area contributed by atoms with Crippen LogP contribution in [-0.2, 0) is 11.3 Å². The number of benzene rings is 2. The topological polar surface area (TPSA) is 41.6 Å². The molecule has 1 unspecified atom stereocenters. The van der Waals surface area contributed by atoms with E-state index in [2.05, 4.69) is 22.3 Å². The van der Waals surface area contributed by atoms with E-state index >= 15 is 0 Å². The van der Waals surface area contributed by atoms with E-state index in [1.807, 2.05) is 12.1 Å². The molecule has 1 aliphatic rings. The normalized spacial score (nSPS) is 16.4. The van der Waals surface area contributed by atoms with E-state index in [1.165, 1.54) is 17.7 Å². The largest absolute Gasteiger partial charge is 0.493 e. The second-order valence-corrected chi connectivity index (χ2v) is 6.28. The predicted molar refractivity (Wildman–Crippen MR) is 95.3 cm³/mol. The number of halogens is 1. The van der Waals surface area contributed by atoms with Crippen LogP contribution in [0.1, 0.15) is 17.0 Å². The average Bonchev–Trinajstić information content (AvgIpc) is 2.66. The molecule has 1 atom stereocenters. The van der Waals surface area contributed by atoms with E-state index in [9.17, 15) is 9.18 Å². The zero-order valence-corrected chi connectivity index (χ0v) is 14.2. The highest BCUT2D eigenvalue weighted by Crippen LogP contribution is 2.19. The van der Waals surface area contributed by atoms with E-state index in [4.69, 9.17) is 4.74 Å². The summed E-state index contributed by atoms with van der Waals surface area (Å²) < 4.78 is 18.7. The number of carbonyl (C=O) groups excluding carboxylic acids is 1. The van der Waals surface area contributed by atoms with Crippen molar-refractivity contribution in [3.8, 4) is 5.75 Å². The van der Waals surface area contributed by atoms with Crippen molar-refractivity contribution in [2.75, 3.05) is 32.8 Å². The highest BCUT2D eigenvalue weighted by atomic mass is 19.1. The summed E-state index contributed by atoms with van der Waals surface area (Å²) in [6.07, 6.45) is 0.839. The Kier molecular flexibility index (Phi) is 6.14. The second-order valence-electron chi connectivity index (χ2n) is 6.28. The number of aldehydes is 1. The molecular weight excluding hydrogens is 319 g/mol. The molecule has 2 aromatic rings. The Morgan fingerprint density at radius 1 is 1.08 bits per heavy atom. The lowest BCUT2D eigenvalue weighted by molar-refractivity contribution is -0.109. The van der Waals surface area contributed by atoms with Gasteiger partial charge in [-0.05, 0) is 35.4 Å². The van der Waals surface area contributed by atoms with Gasteiger partial charge < -0.3 is 14.8 Å². The molecule has 3 rings (SSSR count). The van der Waals surface area contributed by atoms with Gasteiger partial charge in [0.2, 0.25) is 0 Å². The van der Waals surface area contributed by atoms with Crippen LogP contribution in [0.5, 0.6) is 5.75 Å². The molecular formula is C20H23FN2O2. The molecule has 0 aliphatic carbocycles. The SMILES string of the molecule is O=CC(COc1ccc(CN2CCNCC2)cc1)c1ccc(F)cc1. The fourth-order valence-electron chi connectivity index (χ4n) is 2.93. The molecule has 0 radical (unpaired) electrons. The Hall–Kier alpha value is -2.24. The van der Waals surface area contributed by atoms with E-state index in [0.717, 1.165) is 50.3 Å². The molecule has 0 amide bonds. The minimum atomic E-state index is -0.402. The number of nitrogens with zero attached hydrogens (tertiary/aromatic N) is 1. The molecule has 4 nitrogen and oxygen atoms in total. The molecule has 5 heteroatoms. The van der Waals surface area contributed by atoms with Crippen LogP contribution in [-0.4, -0.2) is 44.0 Å². The Morgan fingerprint density at radius 2 is 1.76 bits per heavy atom. The molecule has 1 heterocycles. The maximum atomic E-state index is 13.0. The summed E-state index contributed by atoms with van der Waals surface area (Å²) in [5.74, 6) is 0.0218. The lowest BCUT2D eigenvalue weighted by Gasteiger charge is -2.27. The predicted octanol–water partition coefficient (Wildman–Crippen LogP) is 2.59. The quantitative estimate of drug-likeness (QED) is 0.786. The Morgan fingerprint density at radius 3 is 2.40 bits per heavy atom. The third-order valence-corrected chi connectivity index (χ3v) is 4.43. The summed E-state index contributed by atoms with van der Waals surface area (Å²) in [4.78, 5) is 13.7. The molecule has 1 fully saturated rings. The summed E-state index contributed by atoms with van der Waals surface area (Å²) in [5, 5.41) is 3.35. The Balaban J connectivity index is 1.53. The number of hydrogen-bond donors (Lipinski definition) is 1. The molecule has 25 heavy (non-hydrogen) atoms. The highest BCUT2D eigenvalue weighted by molar-refractivity contribution is 5.62. The van der Waals surface area contributed by atoms with Gasteiger partial charge in [-0.1, -0.05) is 24.3 Å². The van der Waals surface area contributed by atoms with Crippen LogP contribution in [0.2, 0.25) is 0 Å². The van der Waals surface area contributed by atoms with Crippen LogP contribution in [0.25, 0.3) is 0 Å². The van der Waals surface area contributed by atoms with Crippen molar-refractivity contribution in [3.63, 3.8) is 0 Å². The third-order valence-electron chi connectivity index (χ3n) is 4.43. The van der Waals surface area contributed by atoms with Gasteiger partial charge in [-0.15, -0.1) is 0 Å². The lowest BCUT2D eigenvalue weighted by Crippen LogP contribution is -2.42. The molecule has 132 valence electrons. The first-order valence-corrected chi connectivity index (χ1v) is 8.60. The van der Waals surface area contributed by atoms with Crippen LogP contribution < -0.4 is 10.1 Å². The minimum Gasteiger partial charge on any atom is -0.493 e. The van der Waals surface area contributed by atoms with Gasteiger partial charge in [-0.2, -0.15) is 0 Å². The van der Waals surface area contributed by atoms with Gasteiger partial charge in [0.05, 0.1) is 5.92 Å². The van der Waals surface area contributed by atoms with E-state index in [-0.39, 0.29) is 12.4 Å². The zero-order chi connectivity index (χ0) is 17.5. The van der Waals surface area contributed by atoms with Crippen molar-refractivity contribution in [3.05, 3.63) is 65.5 Å². The minimum absolute atomic E-state index is 0.242. The number of piperazine rings is 1. The first kappa shape index (κ1) is 17.6. The smallest absolute Gasteiger partial charge is 0.130 e. The summed E-state index contributed by atoms with van der Waals surface area (Å²) in [6.45, 7) is 5.39. The van der Waals surface area contributed by atoms with Crippen molar-refractivity contribution < 1.29 is 13.9 Å². The van der Waals surface area contributed by atoms with E-state index in [0.29, 0.717) is 0 Å². The van der Waals surface area contributed by atoms with Gasteiger partial charge in [-0.3, -0.25) is 4.90 Å². The first-order chi connectivity index (χ1) is 12.2. The van der Waals surface area contributed by atoms with Gasteiger partial charge in [0.25, 0.3) is 0 Å². The summed E-state index contributed by atoms with van der Waals surface area (Å²) in [6, 6.07) is 13.9. The van der Waals surface area contributed by atoms with Crippen LogP contribution in [0.15, 0.2) is 48.5 Å². The van der Waals surface area contributed by atoms with E-state index < -0.39 is 5.92 Å². The van der Waals surface area contributed by atoms with Gasteiger partial charge in [0.15, 0.2) is 0 Å². The number of carbonyl (C=O) groups is 1. The third kappa shape index (κ3) is 5.11. The summed E-state index contributed by atoms with van der Waals surface area (Å²) in [7, 11) is 0. The molecule has 1 aliphatic heterocycles. The number of nitrogens with one attached hydrogen (secondary N) is 1. The van der Waals surface area contributed by atoms with Crippen molar-refractivity contribution in [2.45, 2.75) is 12.5 Å². The maximum Gasteiger partial charge on any atom is 0.130 e. The molecule has 0 saturated carbocycles. The van der Waals surface area contributed by atoms with Crippen molar-refractivity contribution >= 4 is 6.29 Å². The van der Waals surface area contributed by atoms with E-state index in [1.54, 1.807) is 12.1 Å². The van der Waals surface area contributed by atoms with Gasteiger partial charge >= 0.3 is 0 Å². The van der Waals surface area contributed by atoms with Crippen molar-refractivity contribution in [1.29, 1.82) is 0 Å². The average molecular weight is 342 g/mol. The fraction of sp³-hybridized carbons (Fsp3) is 0.350. The fourth-order valence-corrected chi connectivity index (χ4v) is 2.93. The van der Waals surface area contributed by atoms with Gasteiger partial charge in [0.1, 0.15) is 24.5 Å². The second kappa shape index (κ2) is 8.74. The Bertz CT molecular complexity index is 667.